The van der Waals surface area contributed by atoms with Crippen LogP contribution in [0, 0.1) is 0 Å². The SMILES string of the molecule is CC(NC(=O)c1cc(Cl)c2ccccc2n1)c1cn[nH]c1. The van der Waals surface area contributed by atoms with Crippen LogP contribution in [-0.4, -0.2) is 21.1 Å². The van der Waals surface area contributed by atoms with E-state index < -0.39 is 0 Å². The molecule has 0 saturated carbocycles. The van der Waals surface area contributed by atoms with Gasteiger partial charge in [-0.3, -0.25) is 9.89 Å². The number of carbonyl (C=O) groups is 1. The third-order valence-electron chi connectivity index (χ3n) is 3.27. The summed E-state index contributed by atoms with van der Waals surface area (Å²) in [4.78, 5) is 16.6. The highest BCUT2D eigenvalue weighted by molar-refractivity contribution is 6.35. The number of amides is 1. The fraction of sp³-hybridized carbons (Fsp3) is 0.133. The van der Waals surface area contributed by atoms with E-state index in [2.05, 4.69) is 20.5 Å². The van der Waals surface area contributed by atoms with Crippen molar-refractivity contribution < 1.29 is 4.79 Å². The Morgan fingerprint density at radius 1 is 1.38 bits per heavy atom. The van der Waals surface area contributed by atoms with Gasteiger partial charge in [-0.2, -0.15) is 5.10 Å². The molecule has 0 fully saturated rings. The molecule has 2 N–H and O–H groups in total. The molecule has 3 rings (SSSR count). The van der Waals surface area contributed by atoms with Crippen molar-refractivity contribution in [3.8, 4) is 0 Å². The first-order valence-electron chi connectivity index (χ1n) is 6.50. The number of aromatic nitrogens is 3. The number of hydrogen-bond acceptors (Lipinski definition) is 3. The van der Waals surface area contributed by atoms with Crippen molar-refractivity contribution in [1.82, 2.24) is 20.5 Å². The summed E-state index contributed by atoms with van der Waals surface area (Å²) < 4.78 is 0. The van der Waals surface area contributed by atoms with Gasteiger partial charge in [-0.1, -0.05) is 29.8 Å². The molecule has 1 unspecified atom stereocenters. The van der Waals surface area contributed by atoms with E-state index in [0.29, 0.717) is 16.2 Å². The van der Waals surface area contributed by atoms with Crippen LogP contribution in [0.4, 0.5) is 0 Å². The second-order valence-electron chi connectivity index (χ2n) is 4.73. The molecular weight excluding hydrogens is 288 g/mol. The summed E-state index contributed by atoms with van der Waals surface area (Å²) in [5.74, 6) is -0.267. The van der Waals surface area contributed by atoms with Crippen molar-refractivity contribution >= 4 is 28.4 Å². The van der Waals surface area contributed by atoms with Gasteiger partial charge in [-0.25, -0.2) is 4.98 Å². The maximum atomic E-state index is 12.3. The Morgan fingerprint density at radius 2 is 2.19 bits per heavy atom. The molecule has 1 amide bonds. The molecule has 2 aromatic heterocycles. The van der Waals surface area contributed by atoms with E-state index in [-0.39, 0.29) is 11.9 Å². The Kier molecular flexibility index (Phi) is 3.58. The summed E-state index contributed by atoms with van der Waals surface area (Å²) in [6.07, 6.45) is 3.41. The topological polar surface area (TPSA) is 70.7 Å². The zero-order chi connectivity index (χ0) is 14.8. The molecule has 0 radical (unpaired) electrons. The number of benzene rings is 1. The summed E-state index contributed by atoms with van der Waals surface area (Å²) in [7, 11) is 0. The third kappa shape index (κ3) is 2.73. The molecule has 0 aliphatic rings. The van der Waals surface area contributed by atoms with Crippen LogP contribution in [-0.2, 0) is 0 Å². The normalized spacial score (nSPS) is 12.3. The van der Waals surface area contributed by atoms with Gasteiger partial charge >= 0.3 is 0 Å². The minimum absolute atomic E-state index is 0.164. The number of fused-ring (bicyclic) bond motifs is 1. The lowest BCUT2D eigenvalue weighted by Crippen LogP contribution is -2.27. The predicted octanol–water partition coefficient (Wildman–Crippen LogP) is 3.10. The van der Waals surface area contributed by atoms with Gasteiger partial charge in [0.25, 0.3) is 5.91 Å². The van der Waals surface area contributed by atoms with Gasteiger partial charge in [0.15, 0.2) is 0 Å². The van der Waals surface area contributed by atoms with Gasteiger partial charge in [0.1, 0.15) is 5.69 Å². The number of halogens is 1. The number of nitrogens with zero attached hydrogens (tertiary/aromatic N) is 2. The Morgan fingerprint density at radius 3 is 2.95 bits per heavy atom. The Bertz CT molecular complexity index is 785. The summed E-state index contributed by atoms with van der Waals surface area (Å²) in [5, 5.41) is 10.8. The van der Waals surface area contributed by atoms with E-state index in [1.165, 1.54) is 0 Å². The Balaban J connectivity index is 1.88. The Labute approximate surface area is 126 Å². The van der Waals surface area contributed by atoms with Crippen LogP contribution in [0.15, 0.2) is 42.7 Å². The number of nitrogens with one attached hydrogen (secondary N) is 2. The van der Waals surface area contributed by atoms with Crippen LogP contribution in [0.3, 0.4) is 0 Å². The van der Waals surface area contributed by atoms with Crippen LogP contribution < -0.4 is 5.32 Å². The standard InChI is InChI=1S/C15H13ClN4O/c1-9(10-7-17-18-8-10)19-15(21)14-6-12(16)11-4-2-3-5-13(11)20-14/h2-9H,1H3,(H,17,18)(H,19,21). The fourth-order valence-corrected chi connectivity index (χ4v) is 2.36. The highest BCUT2D eigenvalue weighted by Crippen LogP contribution is 2.23. The van der Waals surface area contributed by atoms with Crippen LogP contribution >= 0.6 is 11.6 Å². The molecule has 0 aliphatic carbocycles. The number of carbonyl (C=O) groups excluding carboxylic acids is 1. The lowest BCUT2D eigenvalue weighted by Gasteiger charge is -2.12. The van der Waals surface area contributed by atoms with Crippen LogP contribution in [0.1, 0.15) is 29.0 Å². The van der Waals surface area contributed by atoms with E-state index >= 15 is 0 Å². The van der Waals surface area contributed by atoms with Crippen LogP contribution in [0.25, 0.3) is 10.9 Å². The van der Waals surface area contributed by atoms with Crippen molar-refractivity contribution in [2.24, 2.45) is 0 Å². The molecule has 0 spiro atoms. The summed E-state index contributed by atoms with van der Waals surface area (Å²) >= 11 is 6.21. The minimum Gasteiger partial charge on any atom is -0.344 e. The van der Waals surface area contributed by atoms with Crippen molar-refractivity contribution in [2.75, 3.05) is 0 Å². The molecule has 6 heteroatoms. The van der Waals surface area contributed by atoms with Crippen molar-refractivity contribution in [3.05, 3.63) is 59.0 Å². The second kappa shape index (κ2) is 5.54. The number of para-hydroxylation sites is 1. The molecule has 2 heterocycles. The average Bonchev–Trinajstić information content (AvgIpc) is 3.01. The van der Waals surface area contributed by atoms with Crippen LogP contribution in [0.2, 0.25) is 5.02 Å². The minimum atomic E-state index is -0.267. The van der Waals surface area contributed by atoms with Gasteiger partial charge in [0.2, 0.25) is 0 Å². The van der Waals surface area contributed by atoms with Crippen molar-refractivity contribution in [2.45, 2.75) is 13.0 Å². The number of hydrogen-bond donors (Lipinski definition) is 2. The largest absolute Gasteiger partial charge is 0.344 e. The lowest BCUT2D eigenvalue weighted by atomic mass is 10.1. The lowest BCUT2D eigenvalue weighted by molar-refractivity contribution is 0.0935. The third-order valence-corrected chi connectivity index (χ3v) is 3.58. The summed E-state index contributed by atoms with van der Waals surface area (Å²) in [6, 6.07) is 8.88. The quantitative estimate of drug-likeness (QED) is 0.781. The summed E-state index contributed by atoms with van der Waals surface area (Å²) in [6.45, 7) is 1.88. The van der Waals surface area contributed by atoms with Crippen LogP contribution in [0.5, 0.6) is 0 Å². The van der Waals surface area contributed by atoms with Gasteiger partial charge in [-0.15, -0.1) is 0 Å². The molecule has 1 atom stereocenters. The maximum absolute atomic E-state index is 12.3. The molecule has 106 valence electrons. The van der Waals surface area contributed by atoms with Crippen molar-refractivity contribution in [1.29, 1.82) is 0 Å². The molecule has 5 nitrogen and oxygen atoms in total. The second-order valence-corrected chi connectivity index (χ2v) is 5.14. The molecule has 0 bridgehead atoms. The number of pyridine rings is 1. The van der Waals surface area contributed by atoms with Crippen molar-refractivity contribution in [3.63, 3.8) is 0 Å². The molecule has 3 aromatic rings. The number of aromatic amines is 1. The predicted molar refractivity (Wildman–Crippen MR) is 81.2 cm³/mol. The van der Waals surface area contributed by atoms with Gasteiger partial charge in [-0.05, 0) is 19.1 Å². The van der Waals surface area contributed by atoms with E-state index in [4.69, 9.17) is 11.6 Å². The zero-order valence-electron chi connectivity index (χ0n) is 11.3. The molecular formula is C15H13ClN4O. The number of H-pyrrole nitrogens is 1. The monoisotopic (exact) mass is 300 g/mol. The molecule has 0 saturated heterocycles. The van der Waals surface area contributed by atoms with E-state index in [1.54, 1.807) is 18.5 Å². The smallest absolute Gasteiger partial charge is 0.270 e. The Hall–Kier alpha value is -2.40. The first kappa shape index (κ1) is 13.6. The number of rotatable bonds is 3. The maximum Gasteiger partial charge on any atom is 0.270 e. The van der Waals surface area contributed by atoms with E-state index in [1.807, 2.05) is 31.2 Å². The first-order valence-corrected chi connectivity index (χ1v) is 6.88. The molecule has 21 heavy (non-hydrogen) atoms. The fourth-order valence-electron chi connectivity index (χ4n) is 2.10. The zero-order valence-corrected chi connectivity index (χ0v) is 12.1. The highest BCUT2D eigenvalue weighted by Gasteiger charge is 2.15. The highest BCUT2D eigenvalue weighted by atomic mass is 35.5. The first-order chi connectivity index (χ1) is 10.1. The summed E-state index contributed by atoms with van der Waals surface area (Å²) in [5.41, 5.74) is 1.90. The van der Waals surface area contributed by atoms with Gasteiger partial charge < -0.3 is 5.32 Å². The molecule has 1 aromatic carbocycles. The van der Waals surface area contributed by atoms with Gasteiger partial charge in [0.05, 0.1) is 22.8 Å². The van der Waals surface area contributed by atoms with E-state index in [9.17, 15) is 4.79 Å². The molecule has 0 aliphatic heterocycles. The van der Waals surface area contributed by atoms with E-state index in [0.717, 1.165) is 10.9 Å². The van der Waals surface area contributed by atoms with Gasteiger partial charge in [0, 0.05) is 17.1 Å². The average molecular weight is 301 g/mol.